The van der Waals surface area contributed by atoms with E-state index >= 15 is 0 Å². The Labute approximate surface area is 61.1 Å². The monoisotopic (exact) mass is 139 g/mol. The van der Waals surface area contributed by atoms with Crippen LogP contribution in [0.25, 0.3) is 0 Å². The first kappa shape index (κ1) is 6.04. The van der Waals surface area contributed by atoms with Crippen molar-refractivity contribution in [2.45, 2.75) is 6.42 Å². The first-order valence-corrected chi connectivity index (χ1v) is 3.75. The van der Waals surface area contributed by atoms with Gasteiger partial charge in [0.25, 0.3) is 0 Å². The molecule has 3 nitrogen and oxygen atoms in total. The molecular weight excluding hydrogens is 126 g/mol. The van der Waals surface area contributed by atoms with E-state index in [4.69, 9.17) is 0 Å². The lowest BCUT2D eigenvalue weighted by Gasteiger charge is -2.18. The van der Waals surface area contributed by atoms with Crippen molar-refractivity contribution in [1.82, 2.24) is 15.5 Å². The first-order chi connectivity index (χ1) is 4.88. The molecule has 0 amide bonds. The van der Waals surface area contributed by atoms with Crippen molar-refractivity contribution in [3.05, 3.63) is 11.4 Å². The maximum absolute atomic E-state index is 3.37. The summed E-state index contributed by atoms with van der Waals surface area (Å²) >= 11 is 0. The molecule has 3 heteroatoms. The molecule has 2 aliphatic heterocycles. The SMILES string of the molecule is CN1CNC2=C1CNCC2. The summed E-state index contributed by atoms with van der Waals surface area (Å²) < 4.78 is 0. The Morgan fingerprint density at radius 1 is 1.50 bits per heavy atom. The topological polar surface area (TPSA) is 27.3 Å². The Morgan fingerprint density at radius 2 is 2.40 bits per heavy atom. The molecule has 0 atom stereocenters. The molecule has 2 heterocycles. The van der Waals surface area contributed by atoms with Gasteiger partial charge >= 0.3 is 0 Å². The summed E-state index contributed by atoms with van der Waals surface area (Å²) in [6.07, 6.45) is 1.17. The number of nitrogens with zero attached hydrogens (tertiary/aromatic N) is 1. The highest BCUT2D eigenvalue weighted by Crippen LogP contribution is 2.16. The molecule has 0 saturated heterocycles. The summed E-state index contributed by atoms with van der Waals surface area (Å²) in [6, 6.07) is 0. The maximum atomic E-state index is 3.37. The zero-order valence-corrected chi connectivity index (χ0v) is 6.28. The van der Waals surface area contributed by atoms with Gasteiger partial charge in [-0.15, -0.1) is 0 Å². The number of rotatable bonds is 0. The Kier molecular flexibility index (Phi) is 1.31. The summed E-state index contributed by atoms with van der Waals surface area (Å²) in [5, 5.41) is 6.72. The average molecular weight is 139 g/mol. The molecule has 2 N–H and O–H groups in total. The largest absolute Gasteiger partial charge is 0.370 e. The van der Waals surface area contributed by atoms with Crippen LogP contribution in [0.2, 0.25) is 0 Å². The van der Waals surface area contributed by atoms with Gasteiger partial charge in [0.1, 0.15) is 0 Å². The van der Waals surface area contributed by atoms with E-state index in [1.807, 2.05) is 0 Å². The van der Waals surface area contributed by atoms with Crippen LogP contribution >= 0.6 is 0 Å². The molecule has 0 fully saturated rings. The van der Waals surface area contributed by atoms with Crippen LogP contribution in [0.5, 0.6) is 0 Å². The van der Waals surface area contributed by atoms with E-state index in [2.05, 4.69) is 22.6 Å². The van der Waals surface area contributed by atoms with E-state index in [9.17, 15) is 0 Å². The average Bonchev–Trinajstić information content (AvgIpc) is 2.34. The van der Waals surface area contributed by atoms with Gasteiger partial charge in [-0.25, -0.2) is 0 Å². The van der Waals surface area contributed by atoms with Gasteiger partial charge in [0.2, 0.25) is 0 Å². The summed E-state index contributed by atoms with van der Waals surface area (Å²) in [7, 11) is 2.13. The first-order valence-electron chi connectivity index (χ1n) is 3.75. The predicted octanol–water partition coefficient (Wildman–Crippen LogP) is -0.316. The number of nitrogens with one attached hydrogen (secondary N) is 2. The molecule has 0 spiro atoms. The molecular formula is C7H13N3. The molecule has 10 heavy (non-hydrogen) atoms. The van der Waals surface area contributed by atoms with Gasteiger partial charge in [0.15, 0.2) is 0 Å². The van der Waals surface area contributed by atoms with Crippen molar-refractivity contribution in [3.63, 3.8) is 0 Å². The fraction of sp³-hybridized carbons (Fsp3) is 0.714. The fourth-order valence-electron chi connectivity index (χ4n) is 1.54. The van der Waals surface area contributed by atoms with Crippen LogP contribution in [0.15, 0.2) is 11.4 Å². The highest BCUT2D eigenvalue weighted by Gasteiger charge is 2.20. The number of hydrogen-bond donors (Lipinski definition) is 2. The summed E-state index contributed by atoms with van der Waals surface area (Å²) in [6.45, 7) is 3.16. The predicted molar refractivity (Wildman–Crippen MR) is 40.3 cm³/mol. The van der Waals surface area contributed by atoms with Crippen LogP contribution < -0.4 is 10.6 Å². The molecule has 0 aromatic carbocycles. The normalized spacial score (nSPS) is 24.7. The lowest BCUT2D eigenvalue weighted by Crippen LogP contribution is -2.28. The van der Waals surface area contributed by atoms with Crippen LogP contribution in [0.1, 0.15) is 6.42 Å². The third-order valence-corrected chi connectivity index (χ3v) is 2.18. The third-order valence-electron chi connectivity index (χ3n) is 2.18. The van der Waals surface area contributed by atoms with Gasteiger partial charge in [-0.1, -0.05) is 0 Å². The molecule has 0 radical (unpaired) electrons. The smallest absolute Gasteiger partial charge is 0.0869 e. The van der Waals surface area contributed by atoms with Crippen LogP contribution in [0.3, 0.4) is 0 Å². The summed E-state index contributed by atoms with van der Waals surface area (Å²) in [4.78, 5) is 2.27. The lowest BCUT2D eigenvalue weighted by atomic mass is 10.2. The summed E-state index contributed by atoms with van der Waals surface area (Å²) in [5.41, 5.74) is 2.90. The third kappa shape index (κ3) is 0.778. The van der Waals surface area contributed by atoms with E-state index in [0.29, 0.717) is 0 Å². The Morgan fingerprint density at radius 3 is 3.20 bits per heavy atom. The second kappa shape index (κ2) is 2.16. The zero-order valence-electron chi connectivity index (χ0n) is 6.28. The van der Waals surface area contributed by atoms with Crippen molar-refractivity contribution < 1.29 is 0 Å². The summed E-state index contributed by atoms with van der Waals surface area (Å²) in [5.74, 6) is 0. The van der Waals surface area contributed by atoms with Crippen molar-refractivity contribution in [3.8, 4) is 0 Å². The minimum absolute atomic E-state index is 0.992. The Bertz CT molecular complexity index is 174. The maximum Gasteiger partial charge on any atom is 0.0869 e. The van der Waals surface area contributed by atoms with Crippen LogP contribution in [0.4, 0.5) is 0 Å². The second-order valence-electron chi connectivity index (χ2n) is 2.88. The Balaban J connectivity index is 2.20. The fourth-order valence-corrected chi connectivity index (χ4v) is 1.54. The molecule has 0 aliphatic carbocycles. The van der Waals surface area contributed by atoms with Gasteiger partial charge in [0.05, 0.1) is 6.67 Å². The number of likely N-dealkylation sites (N-methyl/N-ethyl adjacent to an activating group) is 1. The van der Waals surface area contributed by atoms with E-state index in [1.165, 1.54) is 17.8 Å². The van der Waals surface area contributed by atoms with Crippen LogP contribution in [-0.4, -0.2) is 31.7 Å². The van der Waals surface area contributed by atoms with E-state index in [-0.39, 0.29) is 0 Å². The van der Waals surface area contributed by atoms with E-state index < -0.39 is 0 Å². The van der Waals surface area contributed by atoms with Gasteiger partial charge in [-0.05, 0) is 0 Å². The van der Waals surface area contributed by atoms with Gasteiger partial charge < -0.3 is 15.5 Å². The van der Waals surface area contributed by atoms with Crippen molar-refractivity contribution in [2.24, 2.45) is 0 Å². The second-order valence-corrected chi connectivity index (χ2v) is 2.88. The van der Waals surface area contributed by atoms with E-state index in [0.717, 1.165) is 19.8 Å². The highest BCUT2D eigenvalue weighted by molar-refractivity contribution is 5.20. The van der Waals surface area contributed by atoms with E-state index in [1.54, 1.807) is 0 Å². The molecule has 56 valence electrons. The van der Waals surface area contributed by atoms with Gasteiger partial charge in [-0.2, -0.15) is 0 Å². The molecule has 0 aromatic rings. The van der Waals surface area contributed by atoms with Crippen molar-refractivity contribution in [2.75, 3.05) is 26.8 Å². The van der Waals surface area contributed by atoms with Crippen molar-refractivity contribution >= 4 is 0 Å². The van der Waals surface area contributed by atoms with Crippen LogP contribution in [-0.2, 0) is 0 Å². The minimum Gasteiger partial charge on any atom is -0.370 e. The van der Waals surface area contributed by atoms with Crippen LogP contribution in [0, 0.1) is 0 Å². The molecule has 0 unspecified atom stereocenters. The standard InChI is InChI=1S/C7H13N3/c1-10-5-9-6-2-3-8-4-7(6)10/h8-9H,2-5H2,1H3. The highest BCUT2D eigenvalue weighted by atomic mass is 15.3. The van der Waals surface area contributed by atoms with Gasteiger partial charge in [-0.3, -0.25) is 0 Å². The molecule has 2 aliphatic rings. The molecule has 0 saturated carbocycles. The lowest BCUT2D eigenvalue weighted by molar-refractivity contribution is 0.427. The Hall–Kier alpha value is -0.700. The minimum atomic E-state index is 0.992. The zero-order chi connectivity index (χ0) is 6.97. The quantitative estimate of drug-likeness (QED) is 0.482. The number of hydrogen-bond acceptors (Lipinski definition) is 3. The molecule has 0 bridgehead atoms. The van der Waals surface area contributed by atoms with Gasteiger partial charge in [0, 0.05) is 38.0 Å². The molecule has 0 aromatic heterocycles. The molecule has 2 rings (SSSR count). The van der Waals surface area contributed by atoms with Crippen molar-refractivity contribution in [1.29, 1.82) is 0 Å².